The summed E-state index contributed by atoms with van der Waals surface area (Å²) in [5, 5.41) is 14.6. The maximum absolute atomic E-state index is 14.3. The molecule has 4 rings (SSSR count). The third kappa shape index (κ3) is 4.27. The second kappa shape index (κ2) is 8.43. The van der Waals surface area contributed by atoms with Crippen LogP contribution in [0.4, 0.5) is 13.2 Å². The third-order valence-corrected chi connectivity index (χ3v) is 5.41. The van der Waals surface area contributed by atoms with Crippen molar-refractivity contribution >= 4 is 22.7 Å². The van der Waals surface area contributed by atoms with Crippen LogP contribution in [0, 0.1) is 17.5 Å². The van der Waals surface area contributed by atoms with Gasteiger partial charge in [-0.2, -0.15) is 0 Å². The molecule has 1 aliphatic heterocycles. The minimum atomic E-state index is -0.772. The molecular formula is C22H20F3N3O3. The van der Waals surface area contributed by atoms with Gasteiger partial charge in [0.2, 0.25) is 11.8 Å². The number of aliphatic hydroxyl groups excluding tert-OH is 1. The third-order valence-electron chi connectivity index (χ3n) is 5.41. The predicted octanol–water partition coefficient (Wildman–Crippen LogP) is 2.55. The number of nitrogens with one attached hydrogen (secondary N) is 3. The lowest BCUT2D eigenvalue weighted by molar-refractivity contribution is -0.127. The van der Waals surface area contributed by atoms with E-state index in [4.69, 9.17) is 5.11 Å². The van der Waals surface area contributed by atoms with Gasteiger partial charge in [-0.1, -0.05) is 0 Å². The molecule has 2 aromatic carbocycles. The number of amides is 2. The van der Waals surface area contributed by atoms with E-state index in [1.54, 1.807) is 0 Å². The predicted molar refractivity (Wildman–Crippen MR) is 107 cm³/mol. The number of halogens is 3. The van der Waals surface area contributed by atoms with Crippen molar-refractivity contribution in [3.05, 3.63) is 59.4 Å². The summed E-state index contributed by atoms with van der Waals surface area (Å²) in [7, 11) is 0. The molecule has 1 aromatic heterocycles. The van der Waals surface area contributed by atoms with E-state index in [0.717, 1.165) is 6.07 Å². The summed E-state index contributed by atoms with van der Waals surface area (Å²) in [5.41, 5.74) is 1.64. The number of aromatic amines is 1. The molecule has 0 bridgehead atoms. The van der Waals surface area contributed by atoms with Crippen molar-refractivity contribution in [2.45, 2.75) is 31.3 Å². The van der Waals surface area contributed by atoms with Crippen LogP contribution in [0.3, 0.4) is 0 Å². The number of hydrogen-bond donors (Lipinski definition) is 4. The van der Waals surface area contributed by atoms with E-state index in [1.165, 1.54) is 30.3 Å². The Hall–Kier alpha value is -3.33. The lowest BCUT2D eigenvalue weighted by Gasteiger charge is -2.11. The quantitative estimate of drug-likeness (QED) is 0.483. The molecule has 0 saturated carbocycles. The van der Waals surface area contributed by atoms with Crippen LogP contribution in [0.2, 0.25) is 0 Å². The summed E-state index contributed by atoms with van der Waals surface area (Å²) in [5.74, 6) is -2.73. The molecule has 162 valence electrons. The van der Waals surface area contributed by atoms with E-state index in [1.807, 2.05) is 0 Å². The number of carbonyl (C=O) groups is 2. The highest BCUT2D eigenvalue weighted by atomic mass is 19.1. The number of hydrogen-bond acceptors (Lipinski definition) is 3. The van der Waals surface area contributed by atoms with Crippen LogP contribution in [0.1, 0.15) is 18.4 Å². The summed E-state index contributed by atoms with van der Waals surface area (Å²) in [6, 6.07) is 6.34. The van der Waals surface area contributed by atoms with Crippen LogP contribution >= 0.6 is 0 Å². The zero-order chi connectivity index (χ0) is 22.1. The first kappa shape index (κ1) is 20.9. The van der Waals surface area contributed by atoms with Gasteiger partial charge in [-0.15, -0.1) is 0 Å². The number of aryl methyl sites for hydroxylation is 1. The van der Waals surface area contributed by atoms with Gasteiger partial charge in [-0.25, -0.2) is 13.2 Å². The molecule has 0 unspecified atom stereocenters. The number of rotatable bonds is 6. The first-order valence-electron chi connectivity index (χ1n) is 9.82. The summed E-state index contributed by atoms with van der Waals surface area (Å²) in [6.45, 7) is -0.217. The standard InChI is InChI=1S/C22H20F3N3O3/c23-12-3-1-11(2-4-12)20-15(16-7-13(24)8-17(25)21(16)28-20)5-6-19(30)27-18-9-14(10-29)26-22(18)31/h1-4,7-8,14,18,28-29H,5-6,9-10H2,(H,26,31)(H,27,30)/t14-,18-/m0/s1. The molecule has 6 nitrogen and oxygen atoms in total. The van der Waals surface area contributed by atoms with Gasteiger partial charge in [0.15, 0.2) is 0 Å². The van der Waals surface area contributed by atoms with Crippen molar-refractivity contribution in [3.63, 3.8) is 0 Å². The number of aromatic nitrogens is 1. The highest BCUT2D eigenvalue weighted by Gasteiger charge is 2.32. The first-order chi connectivity index (χ1) is 14.9. The van der Waals surface area contributed by atoms with Gasteiger partial charge in [0.05, 0.1) is 18.2 Å². The van der Waals surface area contributed by atoms with Crippen LogP contribution < -0.4 is 10.6 Å². The Morgan fingerprint density at radius 3 is 2.55 bits per heavy atom. The van der Waals surface area contributed by atoms with Crippen molar-refractivity contribution in [1.82, 2.24) is 15.6 Å². The van der Waals surface area contributed by atoms with Crippen LogP contribution in [0.15, 0.2) is 36.4 Å². The van der Waals surface area contributed by atoms with Crippen molar-refractivity contribution in [2.24, 2.45) is 0 Å². The molecule has 0 aliphatic carbocycles. The monoisotopic (exact) mass is 431 g/mol. The van der Waals surface area contributed by atoms with Gasteiger partial charge in [0, 0.05) is 23.6 Å². The van der Waals surface area contributed by atoms with Crippen LogP contribution in [-0.4, -0.2) is 40.6 Å². The number of benzene rings is 2. The van der Waals surface area contributed by atoms with Gasteiger partial charge in [0.1, 0.15) is 23.5 Å². The zero-order valence-electron chi connectivity index (χ0n) is 16.3. The average molecular weight is 431 g/mol. The topological polar surface area (TPSA) is 94.2 Å². The van der Waals surface area contributed by atoms with Gasteiger partial charge in [-0.05, 0) is 54.3 Å². The molecule has 1 fully saturated rings. The van der Waals surface area contributed by atoms with Gasteiger partial charge < -0.3 is 20.7 Å². The van der Waals surface area contributed by atoms with Crippen LogP contribution in [0.25, 0.3) is 22.2 Å². The van der Waals surface area contributed by atoms with Gasteiger partial charge in [0.25, 0.3) is 0 Å². The van der Waals surface area contributed by atoms with E-state index >= 15 is 0 Å². The van der Waals surface area contributed by atoms with Crippen LogP contribution in [-0.2, 0) is 16.0 Å². The maximum atomic E-state index is 14.3. The van der Waals surface area contributed by atoms with Gasteiger partial charge in [-0.3, -0.25) is 9.59 Å². The lowest BCUT2D eigenvalue weighted by atomic mass is 10.0. The van der Waals surface area contributed by atoms with Crippen molar-refractivity contribution < 1.29 is 27.9 Å². The molecule has 2 heterocycles. The minimum Gasteiger partial charge on any atom is -0.394 e. The van der Waals surface area contributed by atoms with Crippen molar-refractivity contribution in [2.75, 3.05) is 6.61 Å². The smallest absolute Gasteiger partial charge is 0.242 e. The number of aliphatic hydroxyl groups is 1. The SMILES string of the molecule is O=C(CCc1c(-c2ccc(F)cc2)[nH]c2c(F)cc(F)cc12)N[C@H]1C[C@@H](CO)NC1=O. The fourth-order valence-corrected chi connectivity index (χ4v) is 3.90. The summed E-state index contributed by atoms with van der Waals surface area (Å²) in [4.78, 5) is 27.2. The molecule has 1 saturated heterocycles. The van der Waals surface area contributed by atoms with Gasteiger partial charge >= 0.3 is 0 Å². The molecule has 2 amide bonds. The van der Waals surface area contributed by atoms with E-state index in [0.29, 0.717) is 22.2 Å². The fraction of sp³-hybridized carbons (Fsp3) is 0.273. The molecule has 2 atom stereocenters. The van der Waals surface area contributed by atoms with Crippen molar-refractivity contribution in [1.29, 1.82) is 0 Å². The normalized spacial score (nSPS) is 18.4. The minimum absolute atomic E-state index is 0.0349. The van der Waals surface area contributed by atoms with E-state index in [9.17, 15) is 22.8 Å². The highest BCUT2D eigenvalue weighted by Crippen LogP contribution is 2.33. The van der Waals surface area contributed by atoms with Crippen molar-refractivity contribution in [3.8, 4) is 11.3 Å². The second-order valence-electron chi connectivity index (χ2n) is 7.54. The highest BCUT2D eigenvalue weighted by molar-refractivity contribution is 5.93. The lowest BCUT2D eigenvalue weighted by Crippen LogP contribution is -2.40. The number of H-pyrrole nitrogens is 1. The Bertz CT molecular complexity index is 1140. The Morgan fingerprint density at radius 1 is 1.13 bits per heavy atom. The largest absolute Gasteiger partial charge is 0.394 e. The summed E-state index contributed by atoms with van der Waals surface area (Å²) < 4.78 is 41.5. The molecule has 3 aromatic rings. The summed E-state index contributed by atoms with van der Waals surface area (Å²) in [6.07, 6.45) is 0.386. The Morgan fingerprint density at radius 2 is 1.87 bits per heavy atom. The molecule has 0 radical (unpaired) electrons. The fourth-order valence-electron chi connectivity index (χ4n) is 3.90. The first-order valence-corrected chi connectivity index (χ1v) is 9.82. The van der Waals surface area contributed by atoms with E-state index in [-0.39, 0.29) is 37.3 Å². The number of carbonyl (C=O) groups excluding carboxylic acids is 2. The van der Waals surface area contributed by atoms with Crippen LogP contribution in [0.5, 0.6) is 0 Å². The Labute approximate surface area is 175 Å². The Kier molecular flexibility index (Phi) is 5.69. The molecule has 9 heteroatoms. The molecule has 0 spiro atoms. The average Bonchev–Trinajstić information content (AvgIpc) is 3.27. The second-order valence-corrected chi connectivity index (χ2v) is 7.54. The molecule has 1 aliphatic rings. The molecule has 4 N–H and O–H groups in total. The number of fused-ring (bicyclic) bond motifs is 1. The summed E-state index contributed by atoms with van der Waals surface area (Å²) >= 11 is 0. The molecular weight excluding hydrogens is 411 g/mol. The zero-order valence-corrected chi connectivity index (χ0v) is 16.3. The van der Waals surface area contributed by atoms with E-state index in [2.05, 4.69) is 15.6 Å². The Balaban J connectivity index is 1.60. The maximum Gasteiger partial charge on any atom is 0.242 e. The molecule has 31 heavy (non-hydrogen) atoms. The van der Waals surface area contributed by atoms with E-state index < -0.39 is 35.4 Å².